The Balaban J connectivity index is 2.51. The van der Waals surface area contributed by atoms with Crippen molar-refractivity contribution in [2.75, 3.05) is 11.9 Å². The summed E-state index contributed by atoms with van der Waals surface area (Å²) in [6.07, 6.45) is 1.69. The van der Waals surface area contributed by atoms with Gasteiger partial charge in [-0.3, -0.25) is 0 Å². The van der Waals surface area contributed by atoms with Crippen molar-refractivity contribution in [1.82, 2.24) is 9.97 Å². The summed E-state index contributed by atoms with van der Waals surface area (Å²) in [5, 5.41) is 12.1. The van der Waals surface area contributed by atoms with E-state index in [1.807, 2.05) is 13.0 Å². The van der Waals surface area contributed by atoms with Gasteiger partial charge in [0, 0.05) is 24.6 Å². The number of rotatable bonds is 5. The van der Waals surface area contributed by atoms with E-state index in [-0.39, 0.29) is 5.56 Å². The van der Waals surface area contributed by atoms with Crippen LogP contribution in [-0.4, -0.2) is 16.5 Å². The molecule has 21 heavy (non-hydrogen) atoms. The van der Waals surface area contributed by atoms with Crippen molar-refractivity contribution in [3.63, 3.8) is 0 Å². The average Bonchev–Trinajstić information content (AvgIpc) is 2.47. The highest BCUT2D eigenvalue weighted by Gasteiger charge is 2.09. The van der Waals surface area contributed by atoms with E-state index in [9.17, 15) is 4.39 Å². The van der Waals surface area contributed by atoms with Crippen LogP contribution in [0.5, 0.6) is 0 Å². The van der Waals surface area contributed by atoms with Gasteiger partial charge in [-0.15, -0.1) is 0 Å². The average molecular weight is 284 g/mol. The van der Waals surface area contributed by atoms with Gasteiger partial charge in [0.1, 0.15) is 17.5 Å². The van der Waals surface area contributed by atoms with Gasteiger partial charge in [0.2, 0.25) is 0 Å². The van der Waals surface area contributed by atoms with Crippen LogP contribution in [0.25, 0.3) is 11.3 Å². The molecule has 0 aliphatic carbocycles. The van der Waals surface area contributed by atoms with Crippen LogP contribution < -0.4 is 5.32 Å². The highest BCUT2D eigenvalue weighted by molar-refractivity contribution is 5.64. The number of nitrogens with one attached hydrogen (secondary N) is 1. The molecule has 0 unspecified atom stereocenters. The first-order chi connectivity index (χ1) is 10.2. The van der Waals surface area contributed by atoms with Gasteiger partial charge in [-0.1, -0.05) is 6.92 Å². The lowest BCUT2D eigenvalue weighted by Crippen LogP contribution is -2.04. The Kier molecular flexibility index (Phi) is 4.83. The quantitative estimate of drug-likeness (QED) is 0.912. The molecule has 1 N–H and O–H groups in total. The van der Waals surface area contributed by atoms with Crippen LogP contribution in [0.2, 0.25) is 0 Å². The van der Waals surface area contributed by atoms with Crippen molar-refractivity contribution in [2.45, 2.75) is 26.7 Å². The van der Waals surface area contributed by atoms with Crippen LogP contribution in [0.15, 0.2) is 24.3 Å². The number of nitriles is 1. The highest BCUT2D eigenvalue weighted by Crippen LogP contribution is 2.22. The van der Waals surface area contributed by atoms with Gasteiger partial charge in [0.05, 0.1) is 17.3 Å². The Hall–Kier alpha value is -2.48. The Morgan fingerprint density at radius 3 is 2.67 bits per heavy atom. The zero-order chi connectivity index (χ0) is 15.2. The van der Waals surface area contributed by atoms with Gasteiger partial charge in [-0.25, -0.2) is 14.4 Å². The molecule has 1 aromatic heterocycles. The van der Waals surface area contributed by atoms with Crippen molar-refractivity contribution in [3.8, 4) is 17.3 Å². The third-order valence-electron chi connectivity index (χ3n) is 2.93. The smallest absolute Gasteiger partial charge is 0.131 e. The zero-order valence-corrected chi connectivity index (χ0v) is 12.2. The summed E-state index contributed by atoms with van der Waals surface area (Å²) in [6.45, 7) is 4.78. The number of hydrogen-bond acceptors (Lipinski definition) is 4. The van der Waals surface area contributed by atoms with Gasteiger partial charge in [-0.2, -0.15) is 5.26 Å². The van der Waals surface area contributed by atoms with E-state index >= 15 is 0 Å². The second-order valence-corrected chi connectivity index (χ2v) is 4.68. The predicted octanol–water partition coefficient (Wildman–Crippen LogP) is 3.54. The Labute approximate surface area is 123 Å². The van der Waals surface area contributed by atoms with Crippen molar-refractivity contribution in [1.29, 1.82) is 5.26 Å². The standard InChI is InChI=1S/C16H17FN4/c1-3-5-15-20-14(9-16(21-15)19-4-2)12-6-11(10-18)7-13(17)8-12/h6-9H,3-5H2,1-2H3,(H,19,20,21). The SMILES string of the molecule is CCCc1nc(NCC)cc(-c2cc(F)cc(C#N)c2)n1. The fourth-order valence-corrected chi connectivity index (χ4v) is 2.05. The predicted molar refractivity (Wildman–Crippen MR) is 80.3 cm³/mol. The van der Waals surface area contributed by atoms with Crippen molar-refractivity contribution in [2.24, 2.45) is 0 Å². The molecule has 4 nitrogen and oxygen atoms in total. The molecule has 2 rings (SSSR count). The first-order valence-corrected chi connectivity index (χ1v) is 6.99. The summed E-state index contributed by atoms with van der Waals surface area (Å²) in [5.41, 5.74) is 1.50. The number of aromatic nitrogens is 2. The number of anilines is 1. The van der Waals surface area contributed by atoms with Crippen LogP contribution in [0.1, 0.15) is 31.7 Å². The second-order valence-electron chi connectivity index (χ2n) is 4.68. The third-order valence-corrected chi connectivity index (χ3v) is 2.93. The first-order valence-electron chi connectivity index (χ1n) is 6.99. The van der Waals surface area contributed by atoms with Crippen molar-refractivity contribution >= 4 is 5.82 Å². The molecular formula is C16H17FN4. The van der Waals surface area contributed by atoms with Gasteiger partial charge >= 0.3 is 0 Å². The van der Waals surface area contributed by atoms with E-state index in [0.717, 1.165) is 19.4 Å². The topological polar surface area (TPSA) is 61.6 Å². The summed E-state index contributed by atoms with van der Waals surface area (Å²) in [4.78, 5) is 8.89. The maximum absolute atomic E-state index is 13.6. The van der Waals surface area contributed by atoms with Crippen LogP contribution >= 0.6 is 0 Å². The molecule has 2 aromatic rings. The molecule has 0 fully saturated rings. The molecule has 0 aliphatic rings. The summed E-state index contributed by atoms with van der Waals surface area (Å²) >= 11 is 0. The number of benzene rings is 1. The molecule has 0 radical (unpaired) electrons. The van der Waals surface area contributed by atoms with E-state index in [1.54, 1.807) is 12.1 Å². The Morgan fingerprint density at radius 1 is 1.19 bits per heavy atom. The fraction of sp³-hybridized carbons (Fsp3) is 0.312. The first kappa shape index (κ1) is 14.9. The molecule has 0 saturated heterocycles. The fourth-order valence-electron chi connectivity index (χ4n) is 2.05. The second kappa shape index (κ2) is 6.80. The molecule has 5 heteroatoms. The summed E-state index contributed by atoms with van der Waals surface area (Å²) in [5.74, 6) is 0.993. The molecule has 1 aromatic carbocycles. The van der Waals surface area contributed by atoms with Crippen molar-refractivity contribution < 1.29 is 4.39 Å². The third kappa shape index (κ3) is 3.76. The minimum absolute atomic E-state index is 0.283. The monoisotopic (exact) mass is 284 g/mol. The molecule has 1 heterocycles. The lowest BCUT2D eigenvalue weighted by molar-refractivity contribution is 0.627. The number of aryl methyl sites for hydroxylation is 1. The molecule has 0 aliphatic heterocycles. The van der Waals surface area contributed by atoms with E-state index in [1.165, 1.54) is 12.1 Å². The lowest BCUT2D eigenvalue weighted by Gasteiger charge is -2.09. The van der Waals surface area contributed by atoms with Gasteiger partial charge < -0.3 is 5.32 Å². The normalized spacial score (nSPS) is 10.2. The number of halogens is 1. The van der Waals surface area contributed by atoms with E-state index in [0.29, 0.717) is 22.9 Å². The van der Waals surface area contributed by atoms with Crippen LogP contribution in [0.3, 0.4) is 0 Å². The molecule has 0 spiro atoms. The minimum atomic E-state index is -0.440. The van der Waals surface area contributed by atoms with E-state index in [2.05, 4.69) is 22.2 Å². The Bertz CT molecular complexity index is 652. The lowest BCUT2D eigenvalue weighted by atomic mass is 10.1. The molecule has 0 saturated carbocycles. The molecular weight excluding hydrogens is 267 g/mol. The Morgan fingerprint density at radius 2 is 2.00 bits per heavy atom. The van der Waals surface area contributed by atoms with Gasteiger partial charge in [0.25, 0.3) is 0 Å². The van der Waals surface area contributed by atoms with E-state index in [4.69, 9.17) is 5.26 Å². The van der Waals surface area contributed by atoms with E-state index < -0.39 is 5.82 Å². The van der Waals surface area contributed by atoms with Crippen molar-refractivity contribution in [3.05, 3.63) is 41.5 Å². The maximum atomic E-state index is 13.6. The van der Waals surface area contributed by atoms with Crippen LogP contribution in [0, 0.1) is 17.1 Å². The number of nitrogens with zero attached hydrogens (tertiary/aromatic N) is 3. The summed E-state index contributed by atoms with van der Waals surface area (Å²) in [7, 11) is 0. The molecule has 0 atom stereocenters. The number of hydrogen-bond donors (Lipinski definition) is 1. The maximum Gasteiger partial charge on any atom is 0.131 e. The van der Waals surface area contributed by atoms with Gasteiger partial charge in [0.15, 0.2) is 0 Å². The van der Waals surface area contributed by atoms with Crippen LogP contribution in [0.4, 0.5) is 10.2 Å². The molecule has 108 valence electrons. The summed E-state index contributed by atoms with van der Waals surface area (Å²) in [6, 6.07) is 7.97. The van der Waals surface area contributed by atoms with Crippen LogP contribution in [-0.2, 0) is 6.42 Å². The minimum Gasteiger partial charge on any atom is -0.370 e. The zero-order valence-electron chi connectivity index (χ0n) is 12.2. The van der Waals surface area contributed by atoms with Gasteiger partial charge in [-0.05, 0) is 31.5 Å². The molecule has 0 bridgehead atoms. The summed E-state index contributed by atoms with van der Waals surface area (Å²) < 4.78 is 13.6. The molecule has 0 amide bonds. The largest absolute Gasteiger partial charge is 0.370 e. The highest BCUT2D eigenvalue weighted by atomic mass is 19.1.